The third-order valence-electron chi connectivity index (χ3n) is 2.50. The Hall–Kier alpha value is -0.470. The van der Waals surface area contributed by atoms with E-state index in [4.69, 9.17) is 0 Å². The Labute approximate surface area is 84.2 Å². The molecule has 72 valence electrons. The molecule has 0 heterocycles. The summed E-state index contributed by atoms with van der Waals surface area (Å²) < 4.78 is 0. The van der Waals surface area contributed by atoms with Crippen LogP contribution in [-0.4, -0.2) is 16.6 Å². The highest BCUT2D eigenvalue weighted by atomic mass is 32.2. The predicted octanol–water partition coefficient (Wildman–Crippen LogP) is 2.65. The van der Waals surface area contributed by atoms with Crippen LogP contribution in [0.2, 0.25) is 0 Å². The van der Waals surface area contributed by atoms with Gasteiger partial charge in [-0.1, -0.05) is 37.3 Å². The SMILES string of the molecule is CSC(C)C(C)(O)c1ccccc1. The van der Waals surface area contributed by atoms with Crippen LogP contribution in [0.15, 0.2) is 30.3 Å². The summed E-state index contributed by atoms with van der Waals surface area (Å²) in [6, 6.07) is 9.80. The Morgan fingerprint density at radius 1 is 1.31 bits per heavy atom. The van der Waals surface area contributed by atoms with Crippen LogP contribution in [0.5, 0.6) is 0 Å². The molecule has 2 unspecified atom stereocenters. The Morgan fingerprint density at radius 2 is 1.85 bits per heavy atom. The van der Waals surface area contributed by atoms with Crippen LogP contribution in [0.4, 0.5) is 0 Å². The van der Waals surface area contributed by atoms with Crippen molar-refractivity contribution in [3.05, 3.63) is 35.9 Å². The van der Waals surface area contributed by atoms with Gasteiger partial charge < -0.3 is 5.11 Å². The zero-order chi connectivity index (χ0) is 9.90. The number of benzene rings is 1. The average Bonchev–Trinajstić information content (AvgIpc) is 2.18. The van der Waals surface area contributed by atoms with Crippen LogP contribution in [-0.2, 0) is 5.60 Å². The zero-order valence-corrected chi connectivity index (χ0v) is 9.14. The predicted molar refractivity (Wildman–Crippen MR) is 59.0 cm³/mol. The average molecular weight is 196 g/mol. The van der Waals surface area contributed by atoms with Crippen LogP contribution in [0.3, 0.4) is 0 Å². The summed E-state index contributed by atoms with van der Waals surface area (Å²) >= 11 is 1.68. The molecule has 0 aliphatic heterocycles. The lowest BCUT2D eigenvalue weighted by Crippen LogP contribution is -2.31. The van der Waals surface area contributed by atoms with Crippen molar-refractivity contribution < 1.29 is 5.11 Å². The van der Waals surface area contributed by atoms with Crippen LogP contribution in [0.25, 0.3) is 0 Å². The van der Waals surface area contributed by atoms with E-state index < -0.39 is 5.60 Å². The van der Waals surface area contributed by atoms with E-state index in [1.165, 1.54) is 0 Å². The van der Waals surface area contributed by atoms with Gasteiger partial charge in [-0.3, -0.25) is 0 Å². The van der Waals surface area contributed by atoms with Gasteiger partial charge in [0.15, 0.2) is 0 Å². The molecule has 1 aromatic carbocycles. The number of aliphatic hydroxyl groups is 1. The minimum Gasteiger partial charge on any atom is -0.384 e. The second kappa shape index (κ2) is 4.16. The van der Waals surface area contributed by atoms with E-state index in [1.807, 2.05) is 50.4 Å². The van der Waals surface area contributed by atoms with Gasteiger partial charge in [-0.15, -0.1) is 0 Å². The Bertz CT molecular complexity index is 256. The first-order valence-corrected chi connectivity index (χ1v) is 5.68. The van der Waals surface area contributed by atoms with Gasteiger partial charge in [0, 0.05) is 5.25 Å². The number of hydrogen-bond acceptors (Lipinski definition) is 2. The molecule has 0 aromatic heterocycles. The Balaban J connectivity index is 2.93. The maximum Gasteiger partial charge on any atom is 0.0983 e. The van der Waals surface area contributed by atoms with Gasteiger partial charge in [-0.2, -0.15) is 11.8 Å². The third kappa shape index (κ3) is 2.26. The summed E-state index contributed by atoms with van der Waals surface area (Å²) in [5.41, 5.74) is 0.248. The molecular weight excluding hydrogens is 180 g/mol. The lowest BCUT2D eigenvalue weighted by molar-refractivity contribution is 0.0593. The van der Waals surface area contributed by atoms with Gasteiger partial charge in [-0.25, -0.2) is 0 Å². The van der Waals surface area contributed by atoms with Gasteiger partial charge in [-0.05, 0) is 18.7 Å². The van der Waals surface area contributed by atoms with E-state index in [0.29, 0.717) is 0 Å². The van der Waals surface area contributed by atoms with E-state index in [1.54, 1.807) is 11.8 Å². The van der Waals surface area contributed by atoms with Crippen molar-refractivity contribution in [2.24, 2.45) is 0 Å². The molecule has 0 aliphatic carbocycles. The highest BCUT2D eigenvalue weighted by Gasteiger charge is 2.29. The lowest BCUT2D eigenvalue weighted by Gasteiger charge is -2.29. The largest absolute Gasteiger partial charge is 0.384 e. The quantitative estimate of drug-likeness (QED) is 0.802. The van der Waals surface area contributed by atoms with Crippen molar-refractivity contribution in [1.82, 2.24) is 0 Å². The fourth-order valence-corrected chi connectivity index (χ4v) is 1.83. The minimum absolute atomic E-state index is 0.204. The standard InChI is InChI=1S/C11H16OS/c1-9(13-3)11(2,12)10-7-5-4-6-8-10/h4-9,12H,1-3H3. The molecule has 1 nitrogen and oxygen atoms in total. The summed E-state index contributed by atoms with van der Waals surface area (Å²) in [4.78, 5) is 0. The molecule has 13 heavy (non-hydrogen) atoms. The number of hydrogen-bond donors (Lipinski definition) is 1. The van der Waals surface area contributed by atoms with Crippen LogP contribution >= 0.6 is 11.8 Å². The van der Waals surface area contributed by atoms with Crippen LogP contribution < -0.4 is 0 Å². The van der Waals surface area contributed by atoms with E-state index in [9.17, 15) is 5.11 Å². The third-order valence-corrected chi connectivity index (χ3v) is 3.67. The minimum atomic E-state index is -0.735. The monoisotopic (exact) mass is 196 g/mol. The first-order valence-electron chi connectivity index (χ1n) is 4.39. The highest BCUT2D eigenvalue weighted by molar-refractivity contribution is 7.99. The van der Waals surface area contributed by atoms with Crippen molar-refractivity contribution >= 4 is 11.8 Å². The van der Waals surface area contributed by atoms with Crippen molar-refractivity contribution in [2.75, 3.05) is 6.26 Å². The zero-order valence-electron chi connectivity index (χ0n) is 8.32. The normalized spacial score (nSPS) is 17.8. The molecule has 0 saturated heterocycles. The smallest absolute Gasteiger partial charge is 0.0983 e. The molecule has 0 amide bonds. The number of thioether (sulfide) groups is 1. The first-order chi connectivity index (χ1) is 6.09. The maximum absolute atomic E-state index is 10.2. The molecule has 0 radical (unpaired) electrons. The van der Waals surface area contributed by atoms with Crippen molar-refractivity contribution in [3.63, 3.8) is 0 Å². The molecule has 0 spiro atoms. The molecule has 0 saturated carbocycles. The molecular formula is C11H16OS. The second-order valence-corrected chi connectivity index (χ2v) is 4.57. The van der Waals surface area contributed by atoms with Gasteiger partial charge >= 0.3 is 0 Å². The highest BCUT2D eigenvalue weighted by Crippen LogP contribution is 2.30. The van der Waals surface area contributed by atoms with Crippen molar-refractivity contribution in [1.29, 1.82) is 0 Å². The summed E-state index contributed by atoms with van der Waals surface area (Å²) in [7, 11) is 0. The summed E-state index contributed by atoms with van der Waals surface area (Å²) in [5.74, 6) is 0. The number of rotatable bonds is 3. The van der Waals surface area contributed by atoms with Gasteiger partial charge in [0.05, 0.1) is 5.60 Å². The molecule has 2 atom stereocenters. The molecule has 1 N–H and O–H groups in total. The van der Waals surface area contributed by atoms with E-state index >= 15 is 0 Å². The van der Waals surface area contributed by atoms with E-state index in [2.05, 4.69) is 0 Å². The topological polar surface area (TPSA) is 20.2 Å². The first kappa shape index (κ1) is 10.6. The van der Waals surface area contributed by atoms with Crippen molar-refractivity contribution in [3.8, 4) is 0 Å². The Morgan fingerprint density at radius 3 is 2.31 bits per heavy atom. The van der Waals surface area contributed by atoms with E-state index in [-0.39, 0.29) is 5.25 Å². The lowest BCUT2D eigenvalue weighted by atomic mass is 9.93. The maximum atomic E-state index is 10.2. The molecule has 0 aliphatic rings. The van der Waals surface area contributed by atoms with Crippen molar-refractivity contribution in [2.45, 2.75) is 24.7 Å². The second-order valence-electron chi connectivity index (χ2n) is 3.39. The Kier molecular flexibility index (Phi) is 3.40. The van der Waals surface area contributed by atoms with Gasteiger partial charge in [0.2, 0.25) is 0 Å². The van der Waals surface area contributed by atoms with Gasteiger partial charge in [0.25, 0.3) is 0 Å². The fraction of sp³-hybridized carbons (Fsp3) is 0.455. The molecule has 1 aromatic rings. The molecule has 2 heteroatoms. The molecule has 0 fully saturated rings. The summed E-state index contributed by atoms with van der Waals surface area (Å²) in [5, 5.41) is 10.4. The molecule has 0 bridgehead atoms. The van der Waals surface area contributed by atoms with Crippen LogP contribution in [0, 0.1) is 0 Å². The van der Waals surface area contributed by atoms with Crippen LogP contribution in [0.1, 0.15) is 19.4 Å². The summed E-state index contributed by atoms with van der Waals surface area (Å²) in [6.45, 7) is 3.90. The molecule has 1 rings (SSSR count). The fourth-order valence-electron chi connectivity index (χ4n) is 1.24. The van der Waals surface area contributed by atoms with Gasteiger partial charge in [0.1, 0.15) is 0 Å². The summed E-state index contributed by atoms with van der Waals surface area (Å²) in [6.07, 6.45) is 2.02. The van der Waals surface area contributed by atoms with E-state index in [0.717, 1.165) is 5.56 Å².